The van der Waals surface area contributed by atoms with E-state index in [4.69, 9.17) is 0 Å². The molecule has 2 aliphatic rings. The van der Waals surface area contributed by atoms with E-state index in [1.165, 1.54) is 17.1 Å². The molecule has 6 amide bonds. The Hall–Kier alpha value is -4.78. The third-order valence-corrected chi connectivity index (χ3v) is 12.3. The largest absolute Gasteiger partial charge is 0.356 e. The van der Waals surface area contributed by atoms with Crippen LogP contribution < -0.4 is 21.3 Å². The lowest BCUT2D eigenvalue weighted by Gasteiger charge is -2.39. The number of para-hydroxylation sites is 1. The summed E-state index contributed by atoms with van der Waals surface area (Å²) < 4.78 is 2.07. The molecule has 1 aliphatic heterocycles. The van der Waals surface area contributed by atoms with E-state index in [1.54, 1.807) is 25.9 Å². The van der Waals surface area contributed by atoms with Crippen LogP contribution in [0.1, 0.15) is 99.5 Å². The number of fused-ring (bicyclic) bond motifs is 1. The van der Waals surface area contributed by atoms with E-state index >= 15 is 0 Å². The highest BCUT2D eigenvalue weighted by Crippen LogP contribution is 2.35. The van der Waals surface area contributed by atoms with Crippen molar-refractivity contribution < 1.29 is 28.8 Å². The molecule has 1 aromatic heterocycles. The fourth-order valence-electron chi connectivity index (χ4n) is 8.56. The predicted octanol–water partition coefficient (Wildman–Crippen LogP) is 4.75. The van der Waals surface area contributed by atoms with Gasteiger partial charge in [-0.25, -0.2) is 0 Å². The minimum atomic E-state index is -0.838. The third-order valence-electron chi connectivity index (χ3n) is 12.3. The smallest absolute Gasteiger partial charge is 0.253 e. The molecule has 0 bridgehead atoms. The molecule has 59 heavy (non-hydrogen) atoms. The molecule has 3 unspecified atom stereocenters. The Morgan fingerprint density at radius 1 is 0.898 bits per heavy atom. The second-order valence-electron chi connectivity index (χ2n) is 18.5. The topological polar surface area (TPSA) is 162 Å². The summed E-state index contributed by atoms with van der Waals surface area (Å²) in [6, 6.07) is 6.24. The number of aryl methyl sites for hydroxylation is 1. The number of rotatable bonds is 18. The molecule has 1 fully saturated rings. The molecule has 4 rings (SSSR count). The lowest BCUT2D eigenvalue weighted by atomic mass is 9.76. The Morgan fingerprint density at radius 2 is 1.49 bits per heavy atom. The predicted molar refractivity (Wildman–Crippen MR) is 232 cm³/mol. The van der Waals surface area contributed by atoms with Gasteiger partial charge in [-0.2, -0.15) is 0 Å². The van der Waals surface area contributed by atoms with E-state index in [0.717, 1.165) is 42.1 Å². The van der Waals surface area contributed by atoms with Crippen molar-refractivity contribution in [2.45, 2.75) is 117 Å². The summed E-state index contributed by atoms with van der Waals surface area (Å²) in [5.41, 5.74) is 1.36. The maximum absolute atomic E-state index is 14.4. The Kier molecular flexibility index (Phi) is 15.9. The highest BCUT2D eigenvalue weighted by Gasteiger charge is 2.42. The van der Waals surface area contributed by atoms with Crippen molar-refractivity contribution in [3.63, 3.8) is 0 Å². The molecule has 0 saturated heterocycles. The van der Waals surface area contributed by atoms with Crippen molar-refractivity contribution in [1.29, 1.82) is 0 Å². The molecule has 1 aromatic carbocycles. The molecule has 13 nitrogen and oxygen atoms in total. The van der Waals surface area contributed by atoms with E-state index in [0.29, 0.717) is 38.0 Å². The van der Waals surface area contributed by atoms with E-state index in [2.05, 4.69) is 44.2 Å². The van der Waals surface area contributed by atoms with Crippen LogP contribution >= 0.6 is 0 Å². The van der Waals surface area contributed by atoms with Crippen LogP contribution in [0.25, 0.3) is 10.9 Å². The number of carbonyl (C=O) groups is 6. The molecule has 0 radical (unpaired) electrons. The quantitative estimate of drug-likeness (QED) is 0.0960. The van der Waals surface area contributed by atoms with Crippen molar-refractivity contribution in [1.82, 2.24) is 35.6 Å². The number of unbranched alkanes of at least 4 members (excludes halogenated alkanes) is 1. The Balaban J connectivity index is 1.27. The maximum Gasteiger partial charge on any atom is 0.253 e. The molecule has 324 valence electrons. The first-order valence-electron chi connectivity index (χ1n) is 21.3. The molecule has 3 atom stereocenters. The summed E-state index contributed by atoms with van der Waals surface area (Å²) in [5.74, 6) is -1.11. The van der Waals surface area contributed by atoms with Crippen LogP contribution in [0, 0.1) is 23.2 Å². The first kappa shape index (κ1) is 46.9. The summed E-state index contributed by atoms with van der Waals surface area (Å²) in [5, 5.41) is 13.4. The van der Waals surface area contributed by atoms with Gasteiger partial charge in [-0.3, -0.25) is 33.7 Å². The van der Waals surface area contributed by atoms with Gasteiger partial charge in [0.05, 0.1) is 12.1 Å². The van der Waals surface area contributed by atoms with Gasteiger partial charge in [0.25, 0.3) is 11.8 Å². The minimum Gasteiger partial charge on any atom is -0.356 e. The number of aromatic nitrogens is 1. The Bertz CT molecular complexity index is 1890. The maximum atomic E-state index is 14.4. The number of imide groups is 1. The van der Waals surface area contributed by atoms with Gasteiger partial charge in [0, 0.05) is 79.9 Å². The van der Waals surface area contributed by atoms with Gasteiger partial charge in [-0.05, 0) is 81.4 Å². The van der Waals surface area contributed by atoms with Gasteiger partial charge in [0.2, 0.25) is 23.6 Å². The monoisotopic (exact) mass is 816 g/mol. The molecule has 2 aromatic rings. The highest BCUT2D eigenvalue weighted by molar-refractivity contribution is 6.12. The van der Waals surface area contributed by atoms with Gasteiger partial charge < -0.3 is 30.7 Å². The zero-order valence-electron chi connectivity index (χ0n) is 37.2. The zero-order valence-corrected chi connectivity index (χ0v) is 37.2. The van der Waals surface area contributed by atoms with Gasteiger partial charge in [-0.1, -0.05) is 72.7 Å². The number of nitrogens with one attached hydrogen (secondary N) is 4. The van der Waals surface area contributed by atoms with Gasteiger partial charge >= 0.3 is 0 Å². The van der Waals surface area contributed by atoms with Crippen LogP contribution in [0.5, 0.6) is 0 Å². The average Bonchev–Trinajstić information content (AvgIpc) is 3.70. The van der Waals surface area contributed by atoms with Crippen molar-refractivity contribution in [2.24, 2.45) is 30.2 Å². The molecular formula is C46H69N7O6. The summed E-state index contributed by atoms with van der Waals surface area (Å²) in [6.07, 6.45) is 10.9. The number of amides is 6. The zero-order chi connectivity index (χ0) is 43.8. The highest BCUT2D eigenvalue weighted by atomic mass is 16.2. The lowest BCUT2D eigenvalue weighted by Crippen LogP contribution is -2.61. The Labute approximate surface area is 351 Å². The molecule has 1 aliphatic carbocycles. The number of hydrogen-bond donors (Lipinski definition) is 4. The number of nitrogens with zero attached hydrogens (tertiary/aromatic N) is 3. The first-order chi connectivity index (χ1) is 27.7. The standard InChI is InChI=1S/C46H69N7O6/c1-29(2)36(26-30(3)41(56)48-24-14-15-25-49-42(57)32-20-18-31(19-21-32)27-53-37(54)22-23-38(53)55)52(11)44(59)40(45(4,5)6)50-43(58)39(47-9)46(7,8)34-28-51(10)35-17-13-12-16-33(34)35/h12-13,16-17,22-23,26,28-29,31-32,36,39-40,47H,14-15,18-21,24-25,27H2,1-11H3,(H,48,56)(H,49,57)(H,50,58). The number of benzene rings is 1. The fraction of sp³-hybridized carbons (Fsp3) is 0.609. The number of likely N-dealkylation sites (N-methyl/N-ethyl adjacent to an activating group) is 2. The summed E-state index contributed by atoms with van der Waals surface area (Å²) in [4.78, 5) is 81.2. The van der Waals surface area contributed by atoms with Crippen molar-refractivity contribution >= 4 is 46.3 Å². The van der Waals surface area contributed by atoms with Gasteiger partial charge in [0.15, 0.2) is 0 Å². The van der Waals surface area contributed by atoms with E-state index in [1.807, 2.05) is 73.7 Å². The van der Waals surface area contributed by atoms with Gasteiger partial charge in [0.1, 0.15) is 6.04 Å². The number of hydrogen-bond acceptors (Lipinski definition) is 7. The van der Waals surface area contributed by atoms with Crippen LogP contribution in [-0.4, -0.2) is 102 Å². The molecular weight excluding hydrogens is 747 g/mol. The van der Waals surface area contributed by atoms with E-state index in [9.17, 15) is 28.8 Å². The summed E-state index contributed by atoms with van der Waals surface area (Å²) >= 11 is 0. The van der Waals surface area contributed by atoms with Crippen molar-refractivity contribution in [3.05, 3.63) is 59.8 Å². The van der Waals surface area contributed by atoms with E-state index in [-0.39, 0.29) is 53.2 Å². The SMILES string of the molecule is CNC(C(=O)NC(C(=O)N(C)C(C=C(C)C(=O)NCCCCNC(=O)C1CCC(CN2C(=O)C=CC2=O)CC1)C(C)C)C(C)(C)C)C(C)(C)c1cn(C)c2ccccc12. The van der Waals surface area contributed by atoms with Crippen molar-refractivity contribution in [2.75, 3.05) is 33.7 Å². The van der Waals surface area contributed by atoms with Crippen LogP contribution in [0.15, 0.2) is 54.3 Å². The Morgan fingerprint density at radius 3 is 2.07 bits per heavy atom. The molecule has 2 heterocycles. The summed E-state index contributed by atoms with van der Waals surface area (Å²) in [7, 11) is 5.49. The van der Waals surface area contributed by atoms with Crippen LogP contribution in [0.4, 0.5) is 0 Å². The molecule has 4 N–H and O–H groups in total. The first-order valence-corrected chi connectivity index (χ1v) is 21.3. The lowest BCUT2D eigenvalue weighted by molar-refractivity contribution is -0.141. The average molecular weight is 816 g/mol. The summed E-state index contributed by atoms with van der Waals surface area (Å²) in [6.45, 7) is 17.0. The molecule has 1 saturated carbocycles. The van der Waals surface area contributed by atoms with Crippen molar-refractivity contribution in [3.8, 4) is 0 Å². The third kappa shape index (κ3) is 11.5. The van der Waals surface area contributed by atoms with Crippen LogP contribution in [0.2, 0.25) is 0 Å². The molecule has 13 heteroatoms. The van der Waals surface area contributed by atoms with Crippen LogP contribution in [-0.2, 0) is 41.2 Å². The normalized spacial score (nSPS) is 19.2. The number of carbonyl (C=O) groups excluding carboxylic acids is 6. The molecule has 0 spiro atoms. The second kappa shape index (κ2) is 20.0. The van der Waals surface area contributed by atoms with E-state index < -0.39 is 29.0 Å². The fourth-order valence-corrected chi connectivity index (χ4v) is 8.56. The van der Waals surface area contributed by atoms with Crippen LogP contribution in [0.3, 0.4) is 0 Å². The minimum absolute atomic E-state index is 0.0205. The second-order valence-corrected chi connectivity index (χ2v) is 18.5. The van der Waals surface area contributed by atoms with Gasteiger partial charge in [-0.15, -0.1) is 0 Å².